The van der Waals surface area contributed by atoms with Crippen molar-refractivity contribution in [3.8, 4) is 0 Å². The molecule has 0 aliphatic heterocycles. The molecule has 3 aromatic rings. The standard InChI is InChI=1S/C10H10N4/c1-2-10-13-8-3-6-7(12-5-11-6)4-9(8)14-10/h3-5H,2H2,1H3,(H,11,12)(H,13,14). The van der Waals surface area contributed by atoms with Gasteiger partial charge >= 0.3 is 0 Å². The third-order valence-electron chi connectivity index (χ3n) is 2.41. The SMILES string of the molecule is CCc1nc2cc3nc[nH]c3cc2[nH]1. The van der Waals surface area contributed by atoms with E-state index in [0.29, 0.717) is 0 Å². The summed E-state index contributed by atoms with van der Waals surface area (Å²) < 4.78 is 0. The van der Waals surface area contributed by atoms with E-state index < -0.39 is 0 Å². The number of nitrogens with zero attached hydrogens (tertiary/aromatic N) is 2. The van der Waals surface area contributed by atoms with Crippen LogP contribution in [0.5, 0.6) is 0 Å². The molecule has 0 radical (unpaired) electrons. The van der Waals surface area contributed by atoms with Crippen molar-refractivity contribution in [3.05, 3.63) is 24.3 Å². The van der Waals surface area contributed by atoms with Crippen LogP contribution in [-0.2, 0) is 6.42 Å². The van der Waals surface area contributed by atoms with Gasteiger partial charge in [-0.3, -0.25) is 0 Å². The van der Waals surface area contributed by atoms with E-state index in [2.05, 4.69) is 26.9 Å². The summed E-state index contributed by atoms with van der Waals surface area (Å²) in [5.74, 6) is 1.02. The zero-order chi connectivity index (χ0) is 9.54. The number of imidazole rings is 2. The Bertz CT molecular complexity index is 542. The van der Waals surface area contributed by atoms with E-state index in [4.69, 9.17) is 0 Å². The summed E-state index contributed by atoms with van der Waals surface area (Å²) in [6.45, 7) is 2.09. The van der Waals surface area contributed by atoms with Crippen molar-refractivity contribution < 1.29 is 0 Å². The summed E-state index contributed by atoms with van der Waals surface area (Å²) >= 11 is 0. The minimum atomic E-state index is 0.927. The first-order chi connectivity index (χ1) is 6.86. The summed E-state index contributed by atoms with van der Waals surface area (Å²) in [6.07, 6.45) is 2.63. The Morgan fingerprint density at radius 3 is 3.00 bits per heavy atom. The molecule has 0 amide bonds. The van der Waals surface area contributed by atoms with Crippen LogP contribution in [0, 0.1) is 0 Å². The van der Waals surface area contributed by atoms with Crippen molar-refractivity contribution in [3.63, 3.8) is 0 Å². The smallest absolute Gasteiger partial charge is 0.106 e. The summed E-state index contributed by atoms with van der Waals surface area (Å²) in [5, 5.41) is 0. The lowest BCUT2D eigenvalue weighted by Crippen LogP contribution is -1.79. The third kappa shape index (κ3) is 0.937. The van der Waals surface area contributed by atoms with Gasteiger partial charge in [-0.2, -0.15) is 0 Å². The van der Waals surface area contributed by atoms with Crippen molar-refractivity contribution in [2.45, 2.75) is 13.3 Å². The molecule has 1 aromatic carbocycles. The Hall–Kier alpha value is -1.84. The maximum absolute atomic E-state index is 4.45. The molecule has 14 heavy (non-hydrogen) atoms. The Kier molecular flexibility index (Phi) is 1.39. The molecular weight excluding hydrogens is 176 g/mol. The first-order valence-corrected chi connectivity index (χ1v) is 4.68. The Balaban J connectivity index is 2.40. The van der Waals surface area contributed by atoms with E-state index in [1.54, 1.807) is 6.33 Å². The second kappa shape index (κ2) is 2.57. The topological polar surface area (TPSA) is 57.4 Å². The number of aryl methyl sites for hydroxylation is 1. The van der Waals surface area contributed by atoms with Gasteiger partial charge in [0.05, 0.1) is 28.4 Å². The highest BCUT2D eigenvalue weighted by Gasteiger charge is 2.03. The van der Waals surface area contributed by atoms with Gasteiger partial charge in [0, 0.05) is 6.42 Å². The molecule has 0 saturated heterocycles. The molecular formula is C10H10N4. The van der Waals surface area contributed by atoms with Crippen LogP contribution in [0.1, 0.15) is 12.7 Å². The first kappa shape index (κ1) is 7.55. The molecule has 4 nitrogen and oxygen atoms in total. The van der Waals surface area contributed by atoms with Gasteiger partial charge in [0.2, 0.25) is 0 Å². The lowest BCUT2D eigenvalue weighted by molar-refractivity contribution is 1.00. The number of H-pyrrole nitrogens is 2. The Morgan fingerprint density at radius 1 is 1.21 bits per heavy atom. The number of benzene rings is 1. The Morgan fingerprint density at radius 2 is 2.14 bits per heavy atom. The second-order valence-corrected chi connectivity index (χ2v) is 3.33. The van der Waals surface area contributed by atoms with Crippen LogP contribution in [0.2, 0.25) is 0 Å². The fraction of sp³-hybridized carbons (Fsp3) is 0.200. The molecule has 0 aliphatic carbocycles. The normalized spacial score (nSPS) is 11.5. The van der Waals surface area contributed by atoms with Gasteiger partial charge in [-0.1, -0.05) is 6.92 Å². The number of hydrogen-bond acceptors (Lipinski definition) is 2. The van der Waals surface area contributed by atoms with Gasteiger partial charge in [0.1, 0.15) is 5.82 Å². The van der Waals surface area contributed by atoms with E-state index in [-0.39, 0.29) is 0 Å². The largest absolute Gasteiger partial charge is 0.345 e. The summed E-state index contributed by atoms with van der Waals surface area (Å²) in [5.41, 5.74) is 4.07. The third-order valence-corrected chi connectivity index (χ3v) is 2.41. The summed E-state index contributed by atoms with van der Waals surface area (Å²) in [4.78, 5) is 15.0. The van der Waals surface area contributed by atoms with Crippen LogP contribution in [0.4, 0.5) is 0 Å². The molecule has 2 N–H and O–H groups in total. The fourth-order valence-corrected chi connectivity index (χ4v) is 1.66. The Labute approximate surface area is 80.4 Å². The summed E-state index contributed by atoms with van der Waals surface area (Å²) in [6, 6.07) is 4.04. The van der Waals surface area contributed by atoms with Crippen molar-refractivity contribution in [2.24, 2.45) is 0 Å². The molecule has 0 unspecified atom stereocenters. The zero-order valence-electron chi connectivity index (χ0n) is 7.83. The maximum Gasteiger partial charge on any atom is 0.106 e. The van der Waals surface area contributed by atoms with Crippen LogP contribution in [0.3, 0.4) is 0 Å². The molecule has 70 valence electrons. The zero-order valence-corrected chi connectivity index (χ0v) is 7.83. The van der Waals surface area contributed by atoms with E-state index >= 15 is 0 Å². The minimum Gasteiger partial charge on any atom is -0.345 e. The highest BCUT2D eigenvalue weighted by Crippen LogP contribution is 2.18. The lowest BCUT2D eigenvalue weighted by atomic mass is 10.3. The maximum atomic E-state index is 4.45. The lowest BCUT2D eigenvalue weighted by Gasteiger charge is -1.87. The van der Waals surface area contributed by atoms with Gasteiger partial charge in [0.15, 0.2) is 0 Å². The average Bonchev–Trinajstić information content (AvgIpc) is 2.77. The van der Waals surface area contributed by atoms with Crippen molar-refractivity contribution in [2.75, 3.05) is 0 Å². The van der Waals surface area contributed by atoms with Gasteiger partial charge in [-0.15, -0.1) is 0 Å². The van der Waals surface area contributed by atoms with Crippen LogP contribution < -0.4 is 0 Å². The van der Waals surface area contributed by atoms with Gasteiger partial charge in [-0.25, -0.2) is 9.97 Å². The molecule has 2 heterocycles. The number of hydrogen-bond donors (Lipinski definition) is 2. The second-order valence-electron chi connectivity index (χ2n) is 3.33. The number of aromatic amines is 2. The molecule has 0 atom stereocenters. The molecule has 0 spiro atoms. The van der Waals surface area contributed by atoms with Gasteiger partial charge < -0.3 is 9.97 Å². The molecule has 3 rings (SSSR count). The van der Waals surface area contributed by atoms with Gasteiger partial charge in [0.25, 0.3) is 0 Å². The molecule has 2 aromatic heterocycles. The van der Waals surface area contributed by atoms with Crippen LogP contribution in [0.15, 0.2) is 18.5 Å². The van der Waals surface area contributed by atoms with Crippen LogP contribution in [-0.4, -0.2) is 19.9 Å². The van der Waals surface area contributed by atoms with E-state index in [1.807, 2.05) is 12.1 Å². The van der Waals surface area contributed by atoms with Crippen LogP contribution >= 0.6 is 0 Å². The predicted octanol–water partition coefficient (Wildman–Crippen LogP) is 2.00. The minimum absolute atomic E-state index is 0.927. The fourth-order valence-electron chi connectivity index (χ4n) is 1.66. The van der Waals surface area contributed by atoms with Crippen molar-refractivity contribution in [1.29, 1.82) is 0 Å². The molecule has 4 heteroatoms. The predicted molar refractivity (Wildman–Crippen MR) is 55.1 cm³/mol. The van der Waals surface area contributed by atoms with Crippen molar-refractivity contribution >= 4 is 22.1 Å². The monoisotopic (exact) mass is 186 g/mol. The van der Waals surface area contributed by atoms with E-state index in [0.717, 1.165) is 34.3 Å². The highest BCUT2D eigenvalue weighted by molar-refractivity contribution is 5.91. The number of rotatable bonds is 1. The molecule has 0 saturated carbocycles. The van der Waals surface area contributed by atoms with Crippen LogP contribution in [0.25, 0.3) is 22.1 Å². The number of nitrogens with one attached hydrogen (secondary N) is 2. The number of aromatic nitrogens is 4. The van der Waals surface area contributed by atoms with Crippen molar-refractivity contribution in [1.82, 2.24) is 19.9 Å². The summed E-state index contributed by atoms with van der Waals surface area (Å²) in [7, 11) is 0. The van der Waals surface area contributed by atoms with Gasteiger partial charge in [-0.05, 0) is 12.1 Å². The number of fused-ring (bicyclic) bond motifs is 2. The highest BCUT2D eigenvalue weighted by atomic mass is 14.9. The molecule has 0 fully saturated rings. The molecule has 0 aliphatic rings. The van der Waals surface area contributed by atoms with E-state index in [1.165, 1.54) is 0 Å². The quantitative estimate of drug-likeness (QED) is 0.610. The average molecular weight is 186 g/mol. The molecule has 0 bridgehead atoms. The van der Waals surface area contributed by atoms with E-state index in [9.17, 15) is 0 Å². The first-order valence-electron chi connectivity index (χ1n) is 4.68.